The van der Waals surface area contributed by atoms with Crippen molar-refractivity contribution in [3.63, 3.8) is 0 Å². The molecule has 0 amide bonds. The lowest BCUT2D eigenvalue weighted by Gasteiger charge is -2.31. The number of aliphatic hydroxyl groups is 1. The van der Waals surface area contributed by atoms with E-state index in [1.54, 1.807) is 13.8 Å². The first-order valence-electron chi connectivity index (χ1n) is 7.23. The first-order chi connectivity index (χ1) is 8.93. The van der Waals surface area contributed by atoms with Gasteiger partial charge in [-0.05, 0) is 6.42 Å². The zero-order valence-electron chi connectivity index (χ0n) is 12.3. The maximum Gasteiger partial charge on any atom is 0.337 e. The number of unbranched alkanes of at least 4 members (excludes halogenated alkanes) is 4. The van der Waals surface area contributed by atoms with Gasteiger partial charge in [0.05, 0.1) is 12.2 Å². The molecule has 0 unspecified atom stereocenters. The van der Waals surface area contributed by atoms with Crippen molar-refractivity contribution < 1.29 is 19.4 Å². The van der Waals surface area contributed by atoms with Crippen LogP contribution in [0.15, 0.2) is 11.8 Å². The molecule has 0 radical (unpaired) electrons. The van der Waals surface area contributed by atoms with Gasteiger partial charge in [0.15, 0.2) is 0 Å². The van der Waals surface area contributed by atoms with E-state index < -0.39 is 17.9 Å². The molecule has 1 aliphatic rings. The largest absolute Gasteiger partial charge is 0.457 e. The lowest BCUT2D eigenvalue weighted by molar-refractivity contribution is -0.206. The van der Waals surface area contributed by atoms with E-state index in [0.29, 0.717) is 12.2 Å². The highest BCUT2D eigenvalue weighted by Gasteiger charge is 2.30. The second kappa shape index (κ2) is 7.53. The number of rotatable bonds is 8. The molecule has 1 rings (SSSR count). The molecule has 0 aliphatic carbocycles. The van der Waals surface area contributed by atoms with Gasteiger partial charge in [-0.1, -0.05) is 39.0 Å². The molecular formula is C15H26O4. The Hall–Kier alpha value is -1.03. The minimum atomic E-state index is -0.929. The highest BCUT2D eigenvalue weighted by Crippen LogP contribution is 2.25. The van der Waals surface area contributed by atoms with Crippen molar-refractivity contribution in [1.29, 1.82) is 0 Å². The van der Waals surface area contributed by atoms with Crippen LogP contribution in [0.2, 0.25) is 0 Å². The standard InChI is InChI=1S/C15H26O4/c1-4-5-6-7-8-9-12(16)10-13-11-14(17)19-15(2,3)18-13/h11-12,16H,4-10H2,1-3H3/t12-/m0/s1. The number of cyclic esters (lactones) is 1. The molecule has 1 atom stereocenters. The van der Waals surface area contributed by atoms with Crippen molar-refractivity contribution in [2.75, 3.05) is 0 Å². The lowest BCUT2D eigenvalue weighted by Crippen LogP contribution is -2.35. The fourth-order valence-electron chi connectivity index (χ4n) is 2.19. The van der Waals surface area contributed by atoms with Crippen LogP contribution in [-0.2, 0) is 14.3 Å². The Labute approximate surface area is 115 Å². The third-order valence-electron chi connectivity index (χ3n) is 3.08. The molecular weight excluding hydrogens is 244 g/mol. The highest BCUT2D eigenvalue weighted by molar-refractivity contribution is 5.83. The maximum atomic E-state index is 11.3. The molecule has 1 heterocycles. The van der Waals surface area contributed by atoms with E-state index in [4.69, 9.17) is 9.47 Å². The molecule has 0 aromatic heterocycles. The van der Waals surface area contributed by atoms with Crippen LogP contribution < -0.4 is 0 Å². The smallest absolute Gasteiger partial charge is 0.337 e. The Morgan fingerprint density at radius 2 is 1.89 bits per heavy atom. The molecule has 0 spiro atoms. The molecule has 0 saturated heterocycles. The molecule has 4 nitrogen and oxygen atoms in total. The Bertz CT molecular complexity index is 320. The Morgan fingerprint density at radius 1 is 1.21 bits per heavy atom. The quantitative estimate of drug-likeness (QED) is 0.543. The van der Waals surface area contributed by atoms with E-state index in [1.807, 2.05) is 0 Å². The molecule has 4 heteroatoms. The summed E-state index contributed by atoms with van der Waals surface area (Å²) in [7, 11) is 0. The van der Waals surface area contributed by atoms with E-state index in [-0.39, 0.29) is 0 Å². The highest BCUT2D eigenvalue weighted by atomic mass is 16.7. The third kappa shape index (κ3) is 6.62. The van der Waals surface area contributed by atoms with Gasteiger partial charge in [0, 0.05) is 20.3 Å². The molecule has 1 N–H and O–H groups in total. The maximum absolute atomic E-state index is 11.3. The first kappa shape index (κ1) is 16.0. The van der Waals surface area contributed by atoms with Crippen molar-refractivity contribution in [2.24, 2.45) is 0 Å². The summed E-state index contributed by atoms with van der Waals surface area (Å²) in [5, 5.41) is 9.94. The monoisotopic (exact) mass is 270 g/mol. The molecule has 0 saturated carbocycles. The van der Waals surface area contributed by atoms with Gasteiger partial charge in [0.2, 0.25) is 5.79 Å². The average molecular weight is 270 g/mol. The van der Waals surface area contributed by atoms with E-state index in [1.165, 1.54) is 25.3 Å². The number of esters is 1. The topological polar surface area (TPSA) is 55.8 Å². The fourth-order valence-corrected chi connectivity index (χ4v) is 2.19. The zero-order valence-corrected chi connectivity index (χ0v) is 12.3. The minimum Gasteiger partial charge on any atom is -0.457 e. The number of hydrogen-bond acceptors (Lipinski definition) is 4. The molecule has 0 aromatic carbocycles. The van der Waals surface area contributed by atoms with Crippen molar-refractivity contribution in [2.45, 2.75) is 77.6 Å². The molecule has 1 aliphatic heterocycles. The second-order valence-electron chi connectivity index (χ2n) is 5.59. The lowest BCUT2D eigenvalue weighted by atomic mass is 10.0. The van der Waals surface area contributed by atoms with Gasteiger partial charge in [-0.3, -0.25) is 0 Å². The molecule has 0 bridgehead atoms. The van der Waals surface area contributed by atoms with Crippen molar-refractivity contribution in [3.05, 3.63) is 11.8 Å². The summed E-state index contributed by atoms with van der Waals surface area (Å²) >= 11 is 0. The van der Waals surface area contributed by atoms with Gasteiger partial charge >= 0.3 is 5.97 Å². The van der Waals surface area contributed by atoms with Gasteiger partial charge in [0.25, 0.3) is 0 Å². The molecule has 0 aromatic rings. The molecule has 110 valence electrons. The van der Waals surface area contributed by atoms with Crippen LogP contribution in [0, 0.1) is 0 Å². The van der Waals surface area contributed by atoms with Crippen LogP contribution in [0.4, 0.5) is 0 Å². The van der Waals surface area contributed by atoms with Gasteiger partial charge < -0.3 is 14.6 Å². The first-order valence-corrected chi connectivity index (χ1v) is 7.23. The Morgan fingerprint density at radius 3 is 2.53 bits per heavy atom. The van der Waals surface area contributed by atoms with E-state index >= 15 is 0 Å². The van der Waals surface area contributed by atoms with Gasteiger partial charge in [0.1, 0.15) is 5.76 Å². The minimum absolute atomic E-state index is 0.381. The predicted molar refractivity (Wildman–Crippen MR) is 73.3 cm³/mol. The number of ether oxygens (including phenoxy) is 2. The number of carbonyl (C=O) groups excluding carboxylic acids is 1. The van der Waals surface area contributed by atoms with Crippen molar-refractivity contribution in [3.8, 4) is 0 Å². The Balaban J connectivity index is 2.28. The molecule has 19 heavy (non-hydrogen) atoms. The van der Waals surface area contributed by atoms with Crippen LogP contribution >= 0.6 is 0 Å². The summed E-state index contributed by atoms with van der Waals surface area (Å²) in [4.78, 5) is 11.3. The van der Waals surface area contributed by atoms with Crippen LogP contribution in [-0.4, -0.2) is 23.0 Å². The summed E-state index contributed by atoms with van der Waals surface area (Å²) in [5.41, 5.74) is 0. The fraction of sp³-hybridized carbons (Fsp3) is 0.800. The SMILES string of the molecule is CCCCCCC[C@H](O)CC1=CC(=O)OC(C)(C)O1. The number of aliphatic hydroxyl groups excluding tert-OH is 1. The van der Waals surface area contributed by atoms with E-state index in [2.05, 4.69) is 6.92 Å². The van der Waals surface area contributed by atoms with Crippen LogP contribution in [0.3, 0.4) is 0 Å². The summed E-state index contributed by atoms with van der Waals surface area (Å²) in [5.74, 6) is -0.814. The number of hydrogen-bond donors (Lipinski definition) is 1. The van der Waals surface area contributed by atoms with Crippen LogP contribution in [0.1, 0.15) is 65.7 Å². The van der Waals surface area contributed by atoms with Crippen molar-refractivity contribution >= 4 is 5.97 Å². The number of carbonyl (C=O) groups is 1. The van der Waals surface area contributed by atoms with Crippen molar-refractivity contribution in [1.82, 2.24) is 0 Å². The summed E-state index contributed by atoms with van der Waals surface area (Å²) in [6, 6.07) is 0. The molecule has 0 fully saturated rings. The van der Waals surface area contributed by atoms with Gasteiger partial charge in [-0.25, -0.2) is 4.79 Å². The van der Waals surface area contributed by atoms with Crippen LogP contribution in [0.25, 0.3) is 0 Å². The zero-order chi connectivity index (χ0) is 14.3. The normalized spacial score (nSPS) is 19.4. The summed E-state index contributed by atoms with van der Waals surface area (Å²) in [6.45, 7) is 5.56. The van der Waals surface area contributed by atoms with E-state index in [0.717, 1.165) is 19.3 Å². The summed E-state index contributed by atoms with van der Waals surface area (Å²) in [6.07, 6.45) is 7.87. The average Bonchev–Trinajstić information content (AvgIpc) is 2.25. The van der Waals surface area contributed by atoms with Gasteiger partial charge in [-0.2, -0.15) is 0 Å². The van der Waals surface area contributed by atoms with E-state index in [9.17, 15) is 9.90 Å². The predicted octanol–water partition coefficient (Wildman–Crippen LogP) is 3.29. The van der Waals surface area contributed by atoms with Gasteiger partial charge in [-0.15, -0.1) is 0 Å². The third-order valence-corrected chi connectivity index (χ3v) is 3.08. The second-order valence-corrected chi connectivity index (χ2v) is 5.59. The van der Waals surface area contributed by atoms with Crippen LogP contribution in [0.5, 0.6) is 0 Å². The summed E-state index contributed by atoms with van der Waals surface area (Å²) < 4.78 is 10.5. The Kier molecular flexibility index (Phi) is 6.35.